The Bertz CT molecular complexity index is 876. The van der Waals surface area contributed by atoms with Crippen LogP contribution in [0.4, 0.5) is 0 Å². The van der Waals surface area contributed by atoms with Gasteiger partial charge < -0.3 is 0 Å². The van der Waals surface area contributed by atoms with Crippen LogP contribution in [0.5, 0.6) is 0 Å². The molecule has 0 saturated carbocycles. The van der Waals surface area contributed by atoms with Crippen LogP contribution in [0.15, 0.2) is 66.7 Å². The van der Waals surface area contributed by atoms with Crippen LogP contribution < -0.4 is 10.4 Å². The molecule has 0 nitrogen and oxygen atoms in total. The maximum absolute atomic E-state index is 2.38. The molecule has 0 unspecified atom stereocenters. The van der Waals surface area contributed by atoms with Crippen molar-refractivity contribution >= 4 is 22.9 Å². The van der Waals surface area contributed by atoms with Gasteiger partial charge in [0.2, 0.25) is 0 Å². The predicted molar refractivity (Wildman–Crippen MR) is 85.9 cm³/mol. The maximum Gasteiger partial charge on any atom is 0.0307 e. The Morgan fingerprint density at radius 3 is 2.00 bits per heavy atom. The van der Waals surface area contributed by atoms with E-state index in [9.17, 15) is 0 Å². The van der Waals surface area contributed by atoms with Crippen LogP contribution in [0.25, 0.3) is 22.9 Å². The lowest BCUT2D eigenvalue weighted by Gasteiger charge is -2.22. The summed E-state index contributed by atoms with van der Waals surface area (Å²) in [5, 5.41) is 5.33. The van der Waals surface area contributed by atoms with Crippen molar-refractivity contribution in [1.82, 2.24) is 0 Å². The van der Waals surface area contributed by atoms with Gasteiger partial charge in [0.25, 0.3) is 0 Å². The fourth-order valence-corrected chi connectivity index (χ4v) is 3.31. The van der Waals surface area contributed by atoms with Crippen molar-refractivity contribution in [3.05, 3.63) is 82.7 Å². The lowest BCUT2D eigenvalue weighted by molar-refractivity contribution is 0.873. The average Bonchev–Trinajstić information content (AvgIpc) is 2.84. The minimum atomic E-state index is -0.0233. The summed E-state index contributed by atoms with van der Waals surface area (Å²) in [6.07, 6.45) is 4.76. The van der Waals surface area contributed by atoms with Crippen LogP contribution in [-0.2, 0) is 5.41 Å². The van der Waals surface area contributed by atoms with E-state index >= 15 is 0 Å². The Labute approximate surface area is 118 Å². The summed E-state index contributed by atoms with van der Waals surface area (Å²) in [6.45, 7) is 2.30. The second-order valence-corrected chi connectivity index (χ2v) is 5.73. The van der Waals surface area contributed by atoms with Gasteiger partial charge in [-0.3, -0.25) is 0 Å². The first kappa shape index (κ1) is 11.5. The summed E-state index contributed by atoms with van der Waals surface area (Å²) >= 11 is 0. The summed E-state index contributed by atoms with van der Waals surface area (Å²) in [4.78, 5) is 0. The van der Waals surface area contributed by atoms with Crippen LogP contribution in [-0.4, -0.2) is 0 Å². The highest BCUT2D eigenvalue weighted by Crippen LogP contribution is 2.34. The summed E-state index contributed by atoms with van der Waals surface area (Å²) in [5.74, 6) is 0. The summed E-state index contributed by atoms with van der Waals surface area (Å²) in [7, 11) is 0. The van der Waals surface area contributed by atoms with E-state index in [0.717, 1.165) is 0 Å². The van der Waals surface area contributed by atoms with E-state index in [4.69, 9.17) is 0 Å². The number of hydrogen-bond donors (Lipinski definition) is 0. The third-order valence-corrected chi connectivity index (χ3v) is 4.28. The molecule has 20 heavy (non-hydrogen) atoms. The molecule has 1 aliphatic carbocycles. The van der Waals surface area contributed by atoms with E-state index in [1.54, 1.807) is 0 Å². The number of benzene rings is 3. The van der Waals surface area contributed by atoms with E-state index in [1.165, 1.54) is 26.8 Å². The van der Waals surface area contributed by atoms with Crippen LogP contribution >= 0.6 is 0 Å². The Morgan fingerprint density at radius 2 is 1.25 bits per heavy atom. The van der Waals surface area contributed by atoms with Crippen molar-refractivity contribution in [1.29, 1.82) is 0 Å². The average molecular weight is 256 g/mol. The second-order valence-electron chi connectivity index (χ2n) is 5.73. The summed E-state index contributed by atoms with van der Waals surface area (Å²) in [6, 6.07) is 23.8. The second kappa shape index (κ2) is 4.08. The zero-order valence-corrected chi connectivity index (χ0v) is 11.5. The molecular weight excluding hydrogens is 240 g/mol. The van der Waals surface area contributed by atoms with Gasteiger partial charge in [-0.25, -0.2) is 0 Å². The number of hydrogen-bond acceptors (Lipinski definition) is 0. The smallest absolute Gasteiger partial charge is 0.0307 e. The first-order chi connectivity index (χ1) is 9.76. The normalized spacial score (nSPS) is 15.4. The quantitative estimate of drug-likeness (QED) is 0.626. The first-order valence-electron chi connectivity index (χ1n) is 7.05. The molecule has 0 aromatic heterocycles. The molecule has 0 saturated heterocycles. The molecule has 0 bridgehead atoms. The molecule has 0 N–H and O–H groups in total. The topological polar surface area (TPSA) is 0 Å². The van der Waals surface area contributed by atoms with Gasteiger partial charge in [-0.15, -0.1) is 0 Å². The molecular formula is C20H16. The molecule has 0 spiro atoms. The Kier molecular flexibility index (Phi) is 2.34. The largest absolute Gasteiger partial charge is 0.0625 e. The molecule has 0 amide bonds. The first-order valence-corrected chi connectivity index (χ1v) is 7.05. The monoisotopic (exact) mass is 256 g/mol. The van der Waals surface area contributed by atoms with E-state index in [1.807, 2.05) is 0 Å². The van der Waals surface area contributed by atoms with Gasteiger partial charge in [-0.05, 0) is 33.7 Å². The summed E-state index contributed by atoms with van der Waals surface area (Å²) in [5.41, 5.74) is 1.36. The minimum Gasteiger partial charge on any atom is -0.0625 e. The van der Waals surface area contributed by atoms with Gasteiger partial charge >= 0.3 is 0 Å². The Morgan fingerprint density at radius 1 is 0.650 bits per heavy atom. The van der Waals surface area contributed by atoms with Crippen molar-refractivity contribution in [2.75, 3.05) is 0 Å². The molecule has 0 aliphatic heterocycles. The van der Waals surface area contributed by atoms with E-state index < -0.39 is 0 Å². The Balaban J connectivity index is 2.04. The summed E-state index contributed by atoms with van der Waals surface area (Å²) < 4.78 is 0. The van der Waals surface area contributed by atoms with Gasteiger partial charge in [0.05, 0.1) is 0 Å². The minimum absolute atomic E-state index is 0.0233. The van der Waals surface area contributed by atoms with E-state index in [-0.39, 0.29) is 5.41 Å². The fourth-order valence-electron chi connectivity index (χ4n) is 3.31. The van der Waals surface area contributed by atoms with Gasteiger partial charge in [0.1, 0.15) is 0 Å². The SMILES string of the molecule is CC1(c2cccc3ccccc23)C=c2ccccc2=C1. The van der Waals surface area contributed by atoms with Gasteiger partial charge in [0.15, 0.2) is 0 Å². The Hall–Kier alpha value is -2.34. The van der Waals surface area contributed by atoms with Crippen LogP contribution in [0.3, 0.4) is 0 Å². The van der Waals surface area contributed by atoms with Crippen LogP contribution in [0, 0.1) is 0 Å². The fraction of sp³-hybridized carbons (Fsp3) is 0.100. The standard InChI is InChI=1S/C20H16/c1-20(13-16-8-2-3-9-17(16)14-20)19-12-6-10-15-7-4-5-11-18(15)19/h2-14H,1H3. The lowest BCUT2D eigenvalue weighted by Crippen LogP contribution is -2.19. The van der Waals surface area contributed by atoms with Gasteiger partial charge in [-0.1, -0.05) is 78.9 Å². The molecule has 4 rings (SSSR count). The van der Waals surface area contributed by atoms with Crippen molar-refractivity contribution in [3.63, 3.8) is 0 Å². The molecule has 1 aliphatic rings. The van der Waals surface area contributed by atoms with Crippen molar-refractivity contribution in [2.24, 2.45) is 0 Å². The highest BCUT2D eigenvalue weighted by molar-refractivity contribution is 5.90. The molecule has 0 heteroatoms. The van der Waals surface area contributed by atoms with Gasteiger partial charge in [0, 0.05) is 5.41 Å². The van der Waals surface area contributed by atoms with Crippen molar-refractivity contribution < 1.29 is 0 Å². The molecule has 0 atom stereocenters. The lowest BCUT2D eigenvalue weighted by atomic mass is 9.81. The third kappa shape index (κ3) is 1.61. The molecule has 0 radical (unpaired) electrons. The molecule has 3 aromatic rings. The maximum atomic E-state index is 2.38. The van der Waals surface area contributed by atoms with Crippen molar-refractivity contribution in [2.45, 2.75) is 12.3 Å². The zero-order valence-electron chi connectivity index (χ0n) is 11.5. The van der Waals surface area contributed by atoms with E-state index in [0.29, 0.717) is 0 Å². The molecule has 0 heterocycles. The molecule has 0 fully saturated rings. The number of rotatable bonds is 1. The highest BCUT2D eigenvalue weighted by atomic mass is 14.3. The molecule has 3 aromatic carbocycles. The van der Waals surface area contributed by atoms with Crippen molar-refractivity contribution in [3.8, 4) is 0 Å². The van der Waals surface area contributed by atoms with E-state index in [2.05, 4.69) is 85.8 Å². The predicted octanol–water partition coefficient (Wildman–Crippen LogP) is 3.37. The van der Waals surface area contributed by atoms with Crippen LogP contribution in [0.2, 0.25) is 0 Å². The number of fused-ring (bicyclic) bond motifs is 2. The third-order valence-electron chi connectivity index (χ3n) is 4.28. The highest BCUT2D eigenvalue weighted by Gasteiger charge is 2.25. The van der Waals surface area contributed by atoms with Crippen LogP contribution in [0.1, 0.15) is 12.5 Å². The van der Waals surface area contributed by atoms with Gasteiger partial charge in [-0.2, -0.15) is 0 Å². The zero-order chi connectivity index (χ0) is 13.6. The molecule has 96 valence electrons.